The van der Waals surface area contributed by atoms with Crippen LogP contribution in [0.2, 0.25) is 0 Å². The Morgan fingerprint density at radius 2 is 2.18 bits per heavy atom. The first kappa shape index (κ1) is 13.2. The zero-order chi connectivity index (χ0) is 12.8. The fraction of sp³-hybridized carbons (Fsp3) is 0.182. The number of allylic oxidation sites excluding steroid dienone is 1. The standard InChI is InChI=1S/C11H11NO4S/c13-7-9-5-8(3-1-2-4-17)6-10(11(9)14)12(15)16/h1,3,5-7,14,17H,2,4H2. The molecule has 1 aromatic rings. The van der Waals surface area contributed by atoms with E-state index in [0.29, 0.717) is 24.0 Å². The topological polar surface area (TPSA) is 80.4 Å². The Morgan fingerprint density at radius 3 is 2.71 bits per heavy atom. The number of aldehydes is 1. The predicted octanol–water partition coefficient (Wildman–Crippen LogP) is 2.45. The Kier molecular flexibility index (Phi) is 4.71. The van der Waals surface area contributed by atoms with E-state index < -0.39 is 16.4 Å². The van der Waals surface area contributed by atoms with E-state index in [4.69, 9.17) is 0 Å². The summed E-state index contributed by atoms with van der Waals surface area (Å²) < 4.78 is 0. The number of nitro groups is 1. The lowest BCUT2D eigenvalue weighted by atomic mass is 10.1. The Hall–Kier alpha value is -1.82. The van der Waals surface area contributed by atoms with E-state index in [1.807, 2.05) is 0 Å². The number of hydrogen-bond donors (Lipinski definition) is 2. The van der Waals surface area contributed by atoms with E-state index in [1.165, 1.54) is 12.1 Å². The monoisotopic (exact) mass is 253 g/mol. The number of aromatic hydroxyl groups is 1. The molecular formula is C11H11NO4S. The third kappa shape index (κ3) is 3.32. The summed E-state index contributed by atoms with van der Waals surface area (Å²) in [6, 6.07) is 2.61. The van der Waals surface area contributed by atoms with Crippen molar-refractivity contribution in [3.05, 3.63) is 39.4 Å². The Morgan fingerprint density at radius 1 is 1.47 bits per heavy atom. The molecule has 0 aliphatic carbocycles. The number of nitro benzene ring substituents is 1. The highest BCUT2D eigenvalue weighted by Crippen LogP contribution is 2.30. The summed E-state index contributed by atoms with van der Waals surface area (Å²) in [6.07, 6.45) is 4.54. The van der Waals surface area contributed by atoms with Crippen LogP contribution in [-0.2, 0) is 0 Å². The maximum atomic E-state index is 10.7. The number of benzene rings is 1. The first-order valence-electron chi connectivity index (χ1n) is 4.84. The Bertz CT molecular complexity index is 471. The summed E-state index contributed by atoms with van der Waals surface area (Å²) in [5.41, 5.74) is -0.0665. The average molecular weight is 253 g/mol. The zero-order valence-electron chi connectivity index (χ0n) is 8.87. The third-order valence-corrected chi connectivity index (χ3v) is 2.33. The van der Waals surface area contributed by atoms with Crippen molar-refractivity contribution in [3.63, 3.8) is 0 Å². The summed E-state index contributed by atoms with van der Waals surface area (Å²) >= 11 is 4.02. The van der Waals surface area contributed by atoms with Crippen molar-refractivity contribution in [2.24, 2.45) is 0 Å². The molecule has 0 bridgehead atoms. The minimum atomic E-state index is -0.724. The van der Waals surface area contributed by atoms with Gasteiger partial charge in [-0.2, -0.15) is 12.6 Å². The fourth-order valence-corrected chi connectivity index (χ4v) is 1.43. The molecule has 1 rings (SSSR count). The SMILES string of the molecule is O=Cc1cc(C=CCCS)cc([N+](=O)[O-])c1O. The van der Waals surface area contributed by atoms with Gasteiger partial charge in [0.2, 0.25) is 5.75 Å². The lowest BCUT2D eigenvalue weighted by Crippen LogP contribution is -1.93. The van der Waals surface area contributed by atoms with Crippen LogP contribution in [0.5, 0.6) is 5.75 Å². The van der Waals surface area contributed by atoms with Crippen LogP contribution in [0.1, 0.15) is 22.3 Å². The van der Waals surface area contributed by atoms with Gasteiger partial charge in [0.25, 0.3) is 0 Å². The normalized spacial score (nSPS) is 10.6. The van der Waals surface area contributed by atoms with Gasteiger partial charge in [-0.1, -0.05) is 12.2 Å². The highest BCUT2D eigenvalue weighted by atomic mass is 32.1. The number of nitrogens with zero attached hydrogens (tertiary/aromatic N) is 1. The number of phenols is 1. The van der Waals surface area contributed by atoms with Crippen LogP contribution in [0.25, 0.3) is 6.08 Å². The minimum Gasteiger partial charge on any atom is -0.502 e. The fourth-order valence-electron chi connectivity index (χ4n) is 1.28. The van der Waals surface area contributed by atoms with Gasteiger partial charge in [0.1, 0.15) is 0 Å². The number of carbonyl (C=O) groups is 1. The average Bonchev–Trinajstić information content (AvgIpc) is 2.30. The molecular weight excluding hydrogens is 242 g/mol. The molecule has 0 aromatic heterocycles. The van der Waals surface area contributed by atoms with Crippen LogP contribution in [0, 0.1) is 10.1 Å². The summed E-state index contributed by atoms with van der Waals surface area (Å²) in [5, 5.41) is 20.1. The van der Waals surface area contributed by atoms with Gasteiger partial charge in [0, 0.05) is 6.07 Å². The number of hydrogen-bond acceptors (Lipinski definition) is 5. The van der Waals surface area contributed by atoms with Gasteiger partial charge >= 0.3 is 5.69 Å². The quantitative estimate of drug-likeness (QED) is 0.365. The predicted molar refractivity (Wildman–Crippen MR) is 67.7 cm³/mol. The molecule has 1 N–H and O–H groups in total. The molecule has 0 heterocycles. The van der Waals surface area contributed by atoms with Gasteiger partial charge in [0.05, 0.1) is 10.5 Å². The van der Waals surface area contributed by atoms with Crippen molar-refractivity contribution in [1.82, 2.24) is 0 Å². The summed E-state index contributed by atoms with van der Waals surface area (Å²) in [7, 11) is 0. The smallest absolute Gasteiger partial charge is 0.312 e. The molecule has 0 radical (unpaired) electrons. The molecule has 0 fully saturated rings. The first-order chi connectivity index (χ1) is 8.10. The lowest BCUT2D eigenvalue weighted by Gasteiger charge is -2.01. The zero-order valence-corrected chi connectivity index (χ0v) is 9.76. The second-order valence-corrected chi connectivity index (χ2v) is 3.71. The largest absolute Gasteiger partial charge is 0.502 e. The Balaban J connectivity index is 3.20. The van der Waals surface area contributed by atoms with Crippen molar-refractivity contribution in [2.45, 2.75) is 6.42 Å². The van der Waals surface area contributed by atoms with Gasteiger partial charge in [-0.15, -0.1) is 0 Å². The molecule has 0 atom stereocenters. The van der Waals surface area contributed by atoms with Crippen molar-refractivity contribution in [2.75, 3.05) is 5.75 Å². The molecule has 1 aromatic carbocycles. The van der Waals surface area contributed by atoms with Crippen LogP contribution < -0.4 is 0 Å². The van der Waals surface area contributed by atoms with E-state index in [0.717, 1.165) is 0 Å². The van der Waals surface area contributed by atoms with E-state index in [1.54, 1.807) is 12.2 Å². The van der Waals surface area contributed by atoms with Crippen LogP contribution in [0.3, 0.4) is 0 Å². The minimum absolute atomic E-state index is 0.0928. The van der Waals surface area contributed by atoms with Crippen LogP contribution in [-0.4, -0.2) is 22.1 Å². The van der Waals surface area contributed by atoms with E-state index in [9.17, 15) is 20.0 Å². The van der Waals surface area contributed by atoms with Crippen molar-refractivity contribution >= 4 is 30.7 Å². The van der Waals surface area contributed by atoms with Gasteiger partial charge < -0.3 is 5.11 Å². The highest BCUT2D eigenvalue weighted by Gasteiger charge is 2.17. The molecule has 5 nitrogen and oxygen atoms in total. The molecule has 6 heteroatoms. The molecule has 90 valence electrons. The molecule has 0 unspecified atom stereocenters. The van der Waals surface area contributed by atoms with Crippen molar-refractivity contribution < 1.29 is 14.8 Å². The highest BCUT2D eigenvalue weighted by molar-refractivity contribution is 7.80. The Labute approximate surface area is 103 Å². The van der Waals surface area contributed by atoms with Crippen LogP contribution in [0.4, 0.5) is 5.69 Å². The molecule has 0 spiro atoms. The molecule has 0 aliphatic heterocycles. The van der Waals surface area contributed by atoms with Crippen LogP contribution in [0.15, 0.2) is 18.2 Å². The lowest BCUT2D eigenvalue weighted by molar-refractivity contribution is -0.385. The second kappa shape index (κ2) is 6.05. The molecule has 0 aliphatic rings. The summed E-state index contributed by atoms with van der Waals surface area (Å²) in [5.74, 6) is 0.0633. The summed E-state index contributed by atoms with van der Waals surface area (Å²) in [6.45, 7) is 0. The summed E-state index contributed by atoms with van der Waals surface area (Å²) in [4.78, 5) is 20.6. The van der Waals surface area contributed by atoms with E-state index in [2.05, 4.69) is 12.6 Å². The van der Waals surface area contributed by atoms with Gasteiger partial charge in [-0.25, -0.2) is 0 Å². The maximum absolute atomic E-state index is 10.7. The molecule has 0 saturated heterocycles. The first-order valence-corrected chi connectivity index (χ1v) is 5.47. The van der Waals surface area contributed by atoms with Gasteiger partial charge in [-0.05, 0) is 23.8 Å². The van der Waals surface area contributed by atoms with Crippen molar-refractivity contribution in [1.29, 1.82) is 0 Å². The molecule has 17 heavy (non-hydrogen) atoms. The van der Waals surface area contributed by atoms with E-state index >= 15 is 0 Å². The number of carbonyl (C=O) groups excluding carboxylic acids is 1. The molecule has 0 saturated carbocycles. The van der Waals surface area contributed by atoms with Gasteiger partial charge in [0.15, 0.2) is 6.29 Å². The molecule has 0 amide bonds. The third-order valence-electron chi connectivity index (χ3n) is 2.07. The van der Waals surface area contributed by atoms with Crippen LogP contribution >= 0.6 is 12.6 Å². The number of phenolic OH excluding ortho intramolecular Hbond substituents is 1. The maximum Gasteiger partial charge on any atom is 0.312 e. The van der Waals surface area contributed by atoms with Gasteiger partial charge in [-0.3, -0.25) is 14.9 Å². The van der Waals surface area contributed by atoms with E-state index in [-0.39, 0.29) is 5.56 Å². The number of thiol groups is 1. The second-order valence-electron chi connectivity index (χ2n) is 3.27. The van der Waals surface area contributed by atoms with Crippen molar-refractivity contribution in [3.8, 4) is 5.75 Å². The number of rotatable bonds is 5.